The van der Waals surface area contributed by atoms with Crippen LogP contribution >= 0.6 is 0 Å². The van der Waals surface area contributed by atoms with Crippen molar-refractivity contribution in [3.63, 3.8) is 0 Å². The molecule has 4 N–H and O–H groups in total. The Balaban J connectivity index is 1.83. The Hall–Kier alpha value is -1.59. The number of benzene rings is 1. The van der Waals surface area contributed by atoms with E-state index in [1.165, 1.54) is 0 Å². The number of nitrogens with two attached hydrogens (primary N) is 1. The number of nitrogen functional groups attached to an aromatic ring is 1. The zero-order valence-electron chi connectivity index (χ0n) is 11.2. The van der Waals surface area contributed by atoms with Crippen molar-refractivity contribution in [1.29, 1.82) is 0 Å². The van der Waals surface area contributed by atoms with E-state index >= 15 is 0 Å². The molecule has 5 heteroatoms. The number of anilines is 2. The van der Waals surface area contributed by atoms with Crippen LogP contribution in [0.15, 0.2) is 24.3 Å². The summed E-state index contributed by atoms with van der Waals surface area (Å²) in [7, 11) is 0. The number of aliphatic hydroxyl groups excluding tert-OH is 1. The Morgan fingerprint density at radius 2 is 2.16 bits per heavy atom. The lowest BCUT2D eigenvalue weighted by atomic mass is 9.97. The highest BCUT2D eigenvalue weighted by molar-refractivity contribution is 5.92. The van der Waals surface area contributed by atoms with Gasteiger partial charge in [-0.1, -0.05) is 6.92 Å². The minimum atomic E-state index is -0.239. The molecule has 1 aliphatic rings. The lowest BCUT2D eigenvalue weighted by molar-refractivity contribution is -0.118. The number of hydrogen-bond donors (Lipinski definition) is 3. The molecule has 0 saturated carbocycles. The molecule has 0 spiro atoms. The second-order valence-electron chi connectivity index (χ2n) is 5.24. The van der Waals surface area contributed by atoms with Crippen molar-refractivity contribution in [3.8, 4) is 0 Å². The first-order valence-electron chi connectivity index (χ1n) is 6.60. The molecule has 2 rings (SSSR count). The van der Waals surface area contributed by atoms with Crippen molar-refractivity contribution >= 4 is 17.3 Å². The molecule has 1 aromatic carbocycles. The molecule has 0 bridgehead atoms. The van der Waals surface area contributed by atoms with Crippen LogP contribution in [0.3, 0.4) is 0 Å². The minimum Gasteiger partial charge on any atom is -0.399 e. The van der Waals surface area contributed by atoms with Gasteiger partial charge in [-0.05, 0) is 36.6 Å². The highest BCUT2D eigenvalue weighted by Crippen LogP contribution is 2.16. The first kappa shape index (κ1) is 13.8. The van der Waals surface area contributed by atoms with Gasteiger partial charge in [0.1, 0.15) is 0 Å². The number of nitrogens with one attached hydrogen (secondary N) is 1. The number of nitrogens with zero attached hydrogens (tertiary/aromatic N) is 1. The number of carbonyl (C=O) groups is 1. The van der Waals surface area contributed by atoms with Gasteiger partial charge in [0.2, 0.25) is 5.91 Å². The molecular formula is C14H21N3O2. The maximum atomic E-state index is 11.9. The summed E-state index contributed by atoms with van der Waals surface area (Å²) in [6.07, 6.45) is 0.493. The number of rotatable bonds is 3. The van der Waals surface area contributed by atoms with Crippen molar-refractivity contribution in [2.45, 2.75) is 19.4 Å². The topological polar surface area (TPSA) is 78.6 Å². The smallest absolute Gasteiger partial charge is 0.238 e. The predicted octanol–water partition coefficient (Wildman–Crippen LogP) is 0.910. The average Bonchev–Trinajstić information content (AvgIpc) is 2.37. The van der Waals surface area contributed by atoms with Gasteiger partial charge in [0.25, 0.3) is 0 Å². The molecule has 0 aromatic heterocycles. The summed E-state index contributed by atoms with van der Waals surface area (Å²) in [5.74, 6) is 0.187. The van der Waals surface area contributed by atoms with Gasteiger partial charge >= 0.3 is 0 Å². The predicted molar refractivity (Wildman–Crippen MR) is 75.7 cm³/mol. The van der Waals surface area contributed by atoms with Crippen molar-refractivity contribution in [3.05, 3.63) is 24.3 Å². The van der Waals surface area contributed by atoms with Gasteiger partial charge < -0.3 is 16.2 Å². The second-order valence-corrected chi connectivity index (χ2v) is 5.24. The van der Waals surface area contributed by atoms with Crippen LogP contribution in [0.4, 0.5) is 11.4 Å². The lowest BCUT2D eigenvalue weighted by Crippen LogP contribution is -2.45. The number of likely N-dealkylation sites (tertiary alicyclic amines) is 1. The quantitative estimate of drug-likeness (QED) is 0.708. The summed E-state index contributed by atoms with van der Waals surface area (Å²) in [4.78, 5) is 14.0. The van der Waals surface area contributed by atoms with Crippen LogP contribution in [0, 0.1) is 5.92 Å². The summed E-state index contributed by atoms with van der Waals surface area (Å²) in [6, 6.07) is 7.09. The van der Waals surface area contributed by atoms with Crippen molar-refractivity contribution < 1.29 is 9.90 Å². The van der Waals surface area contributed by atoms with E-state index in [9.17, 15) is 9.90 Å². The number of hydrogen-bond acceptors (Lipinski definition) is 4. The van der Waals surface area contributed by atoms with Crippen molar-refractivity contribution in [2.75, 3.05) is 30.7 Å². The molecule has 1 fully saturated rings. The zero-order chi connectivity index (χ0) is 13.8. The molecule has 0 aliphatic carbocycles. The molecule has 1 aliphatic heterocycles. The fourth-order valence-electron chi connectivity index (χ4n) is 2.33. The van der Waals surface area contributed by atoms with Crippen LogP contribution in [0.5, 0.6) is 0 Å². The Bertz CT molecular complexity index is 433. The highest BCUT2D eigenvalue weighted by atomic mass is 16.3. The second kappa shape index (κ2) is 6.04. The summed E-state index contributed by atoms with van der Waals surface area (Å²) in [5, 5.41) is 12.5. The SMILES string of the molecule is CC1CN(CC(=O)Nc2ccc(N)cc2)CCC1O. The molecule has 5 nitrogen and oxygen atoms in total. The summed E-state index contributed by atoms with van der Waals surface area (Å²) in [6.45, 7) is 3.90. The van der Waals surface area contributed by atoms with Crippen LogP contribution in [0.25, 0.3) is 0 Å². The Morgan fingerprint density at radius 1 is 1.47 bits per heavy atom. The molecule has 2 unspecified atom stereocenters. The fraction of sp³-hybridized carbons (Fsp3) is 0.500. The van der Waals surface area contributed by atoms with E-state index in [-0.39, 0.29) is 17.9 Å². The van der Waals surface area contributed by atoms with Crippen LogP contribution in [-0.4, -0.2) is 41.7 Å². The van der Waals surface area contributed by atoms with Gasteiger partial charge in [-0.15, -0.1) is 0 Å². The van der Waals surface area contributed by atoms with Gasteiger partial charge in [0.05, 0.1) is 12.6 Å². The molecule has 2 atom stereocenters. The van der Waals surface area contributed by atoms with Crippen LogP contribution < -0.4 is 11.1 Å². The number of piperidine rings is 1. The number of carbonyl (C=O) groups excluding carboxylic acids is 1. The van der Waals surface area contributed by atoms with Gasteiger partial charge in [0.15, 0.2) is 0 Å². The Labute approximate surface area is 113 Å². The molecule has 1 aromatic rings. The van der Waals surface area contributed by atoms with Gasteiger partial charge in [0, 0.05) is 24.5 Å². The highest BCUT2D eigenvalue weighted by Gasteiger charge is 2.25. The Morgan fingerprint density at radius 3 is 2.79 bits per heavy atom. The van der Waals surface area contributed by atoms with E-state index in [0.717, 1.165) is 25.2 Å². The van der Waals surface area contributed by atoms with E-state index in [4.69, 9.17) is 5.73 Å². The molecule has 1 heterocycles. The third-order valence-electron chi connectivity index (χ3n) is 3.51. The molecule has 1 saturated heterocycles. The minimum absolute atomic E-state index is 0.0339. The molecular weight excluding hydrogens is 242 g/mol. The monoisotopic (exact) mass is 263 g/mol. The molecule has 1 amide bonds. The molecule has 19 heavy (non-hydrogen) atoms. The summed E-state index contributed by atoms with van der Waals surface area (Å²) in [5.41, 5.74) is 7.02. The fourth-order valence-corrected chi connectivity index (χ4v) is 2.33. The number of aliphatic hydroxyl groups is 1. The van der Waals surface area contributed by atoms with E-state index in [0.29, 0.717) is 12.2 Å². The van der Waals surface area contributed by atoms with Gasteiger partial charge in [-0.25, -0.2) is 0 Å². The first-order valence-corrected chi connectivity index (χ1v) is 6.60. The van der Waals surface area contributed by atoms with E-state index in [1.54, 1.807) is 24.3 Å². The van der Waals surface area contributed by atoms with Gasteiger partial charge in [-0.2, -0.15) is 0 Å². The maximum Gasteiger partial charge on any atom is 0.238 e. The number of amides is 1. The van der Waals surface area contributed by atoms with E-state index in [1.807, 2.05) is 6.92 Å². The lowest BCUT2D eigenvalue weighted by Gasteiger charge is -2.33. The molecule has 104 valence electrons. The van der Waals surface area contributed by atoms with Gasteiger partial charge in [-0.3, -0.25) is 9.69 Å². The third kappa shape index (κ3) is 3.94. The zero-order valence-corrected chi connectivity index (χ0v) is 11.2. The van der Waals surface area contributed by atoms with Crippen molar-refractivity contribution in [1.82, 2.24) is 4.90 Å². The third-order valence-corrected chi connectivity index (χ3v) is 3.51. The van der Waals surface area contributed by atoms with Crippen LogP contribution in [0.1, 0.15) is 13.3 Å². The van der Waals surface area contributed by atoms with Crippen molar-refractivity contribution in [2.24, 2.45) is 5.92 Å². The van der Waals surface area contributed by atoms with E-state index in [2.05, 4.69) is 10.2 Å². The largest absolute Gasteiger partial charge is 0.399 e. The summed E-state index contributed by atoms with van der Waals surface area (Å²) < 4.78 is 0. The van der Waals surface area contributed by atoms with Crippen LogP contribution in [-0.2, 0) is 4.79 Å². The molecule has 0 radical (unpaired) electrons. The maximum absolute atomic E-state index is 11.9. The standard InChI is InChI=1S/C14H21N3O2/c1-10-8-17(7-6-13(10)18)9-14(19)16-12-4-2-11(15)3-5-12/h2-5,10,13,18H,6-9,15H2,1H3,(H,16,19). The first-order chi connectivity index (χ1) is 9.04. The Kier molecular flexibility index (Phi) is 4.39. The van der Waals surface area contributed by atoms with E-state index < -0.39 is 0 Å². The van der Waals surface area contributed by atoms with Crippen LogP contribution in [0.2, 0.25) is 0 Å². The normalized spacial score (nSPS) is 24.1. The summed E-state index contributed by atoms with van der Waals surface area (Å²) >= 11 is 0. The average molecular weight is 263 g/mol.